The number of ether oxygens (including phenoxy) is 11. The van der Waals surface area contributed by atoms with Crippen molar-refractivity contribution < 1.29 is 76.1 Å². The van der Waals surface area contributed by atoms with Gasteiger partial charge in [0.25, 0.3) is 17.7 Å². The summed E-state index contributed by atoms with van der Waals surface area (Å²) in [6, 6.07) is 13.0. The number of piperidine rings is 2. The smallest absolute Gasteiger partial charge is 0.315 e. The molecule has 6 amide bonds. The van der Waals surface area contributed by atoms with Crippen molar-refractivity contribution in [3.8, 4) is 0 Å². The number of likely N-dealkylation sites (tertiary alicyclic amines) is 4. The van der Waals surface area contributed by atoms with Crippen molar-refractivity contribution in [1.82, 2.24) is 40.9 Å². The molecule has 6 fully saturated rings. The van der Waals surface area contributed by atoms with Crippen LogP contribution in [0.15, 0.2) is 42.5 Å². The third kappa shape index (κ3) is 30.5. The highest BCUT2D eigenvalue weighted by molar-refractivity contribution is 8.00. The molecule has 0 radical (unpaired) electrons. The van der Waals surface area contributed by atoms with E-state index >= 15 is 0 Å². The Bertz CT molecular complexity index is 2520. The molecule has 2 aromatic rings. The zero-order valence-corrected chi connectivity index (χ0v) is 58.6. The SMILES string of the molecule is O=C(CCCC[C@@H]1SC[C@@H]2NC(=O)N[C@@H]21)NCCOCCOCCOCCOCCOCCOCCOCCOCCOCCOCCOCCNC(=O)c1ccc(Nc2cc(C(=O)N3CCC(CCN4CCCC4)CC3)ccc2C(=O)N2CCC(CCN3CCCC3)CC2)cc1. The number of anilines is 2. The zero-order chi connectivity index (χ0) is 67.6. The number of carbonyl (C=O) groups is 5. The Hall–Kier alpha value is -4.78. The maximum absolute atomic E-state index is 14.3. The third-order valence-electron chi connectivity index (χ3n) is 18.7. The van der Waals surface area contributed by atoms with Crippen LogP contribution in [0, 0.1) is 11.8 Å². The van der Waals surface area contributed by atoms with Gasteiger partial charge in [-0.15, -0.1) is 0 Å². The molecule has 5 N–H and O–H groups in total. The molecule has 6 aliphatic rings. The average molecular weight is 1380 g/mol. The molecular formula is C71H115N9O16S. The normalized spacial score (nSPS) is 19.4. The first-order chi connectivity index (χ1) is 47.8. The minimum absolute atomic E-state index is 0.00271. The van der Waals surface area contributed by atoms with Gasteiger partial charge in [-0.05, 0) is 171 Å². The van der Waals surface area contributed by atoms with E-state index in [0.717, 1.165) is 90.0 Å². The Morgan fingerprint density at radius 1 is 0.464 bits per heavy atom. The molecule has 3 atom stereocenters. The summed E-state index contributed by atoms with van der Waals surface area (Å²) in [6.07, 6.45) is 14.9. The van der Waals surface area contributed by atoms with Gasteiger partial charge in [0.1, 0.15) is 0 Å². The maximum atomic E-state index is 14.3. The van der Waals surface area contributed by atoms with Crippen LogP contribution in [-0.4, -0.2) is 296 Å². The first kappa shape index (κ1) is 77.9. The van der Waals surface area contributed by atoms with Crippen molar-refractivity contribution in [3.63, 3.8) is 0 Å². The molecule has 25 nitrogen and oxygen atoms in total. The Labute approximate surface area is 580 Å². The zero-order valence-electron chi connectivity index (χ0n) is 57.8. The van der Waals surface area contributed by atoms with E-state index in [1.165, 1.54) is 64.7 Å². The minimum Gasteiger partial charge on any atom is -0.377 e. The van der Waals surface area contributed by atoms with Crippen molar-refractivity contribution in [2.75, 3.05) is 235 Å². The van der Waals surface area contributed by atoms with E-state index in [-0.39, 0.29) is 41.7 Å². The van der Waals surface area contributed by atoms with Crippen LogP contribution >= 0.6 is 11.8 Å². The maximum Gasteiger partial charge on any atom is 0.315 e. The van der Waals surface area contributed by atoms with Gasteiger partial charge in [-0.25, -0.2) is 4.79 Å². The van der Waals surface area contributed by atoms with Gasteiger partial charge in [0, 0.05) is 73.5 Å². The van der Waals surface area contributed by atoms with Crippen LogP contribution in [0.25, 0.3) is 0 Å². The Morgan fingerprint density at radius 2 is 0.887 bits per heavy atom. The molecule has 0 unspecified atom stereocenters. The standard InChI is InChI=1S/C71H115N9O16S/c81-66(8-2-1-7-65-67-64(56-97-65)75-71(85)76-67)72-21-33-86-35-37-88-39-41-90-43-45-92-47-49-94-51-53-96-54-52-95-50-48-93-46-44-91-42-40-89-38-36-87-34-22-73-68(82)59-9-12-61(13-10-59)74-63-55-60(69(83)79-29-17-57(18-30-79)15-27-77-23-3-4-24-77)11-14-62(63)70(84)80-31-19-58(20-32-80)16-28-78-25-5-6-26-78/h9-14,55,57-58,64-65,67,74H,1-8,15-54,56H2,(H,72,81)(H,73,82)(H2,75,76,85)/t64-,65-,67-/m0/s1. The van der Waals surface area contributed by atoms with Crippen molar-refractivity contribution in [3.05, 3.63) is 59.2 Å². The number of hydrogen-bond acceptors (Lipinski definition) is 20. The first-order valence-electron chi connectivity index (χ1n) is 36.4. The molecule has 2 aromatic carbocycles. The van der Waals surface area contributed by atoms with Gasteiger partial charge >= 0.3 is 6.03 Å². The number of carbonyl (C=O) groups excluding carboxylic acids is 5. The highest BCUT2D eigenvalue weighted by Gasteiger charge is 2.42. The van der Waals surface area contributed by atoms with Crippen LogP contribution in [0.2, 0.25) is 0 Å². The summed E-state index contributed by atoms with van der Waals surface area (Å²) in [5.41, 5.74) is 2.91. The fourth-order valence-corrected chi connectivity index (χ4v) is 14.6. The molecule has 26 heteroatoms. The number of hydrogen-bond donors (Lipinski definition) is 5. The molecular weight excluding hydrogens is 1270 g/mol. The quantitative estimate of drug-likeness (QED) is 0.0384. The van der Waals surface area contributed by atoms with Crippen LogP contribution < -0.4 is 26.6 Å². The molecule has 546 valence electrons. The fraction of sp³-hybridized carbons (Fsp3) is 0.761. The number of urea groups is 1. The number of thioether (sulfide) groups is 1. The Balaban J connectivity index is 0.548. The predicted octanol–water partition coefficient (Wildman–Crippen LogP) is 5.86. The van der Waals surface area contributed by atoms with Gasteiger partial charge in [-0.1, -0.05) is 6.42 Å². The lowest BCUT2D eigenvalue weighted by atomic mass is 9.92. The fourth-order valence-electron chi connectivity index (χ4n) is 13.0. The summed E-state index contributed by atoms with van der Waals surface area (Å²) in [6.45, 7) is 20.7. The van der Waals surface area contributed by atoms with Crippen LogP contribution in [0.5, 0.6) is 0 Å². The monoisotopic (exact) mass is 1380 g/mol. The Morgan fingerprint density at radius 3 is 1.35 bits per heavy atom. The van der Waals surface area contributed by atoms with E-state index < -0.39 is 0 Å². The van der Waals surface area contributed by atoms with Crippen molar-refractivity contribution in [2.24, 2.45) is 11.8 Å². The second-order valence-electron chi connectivity index (χ2n) is 25.8. The summed E-state index contributed by atoms with van der Waals surface area (Å²) in [5, 5.41) is 15.7. The molecule has 0 saturated carbocycles. The third-order valence-corrected chi connectivity index (χ3v) is 20.2. The van der Waals surface area contributed by atoms with Crippen molar-refractivity contribution in [1.29, 1.82) is 0 Å². The molecule has 6 heterocycles. The first-order valence-corrected chi connectivity index (χ1v) is 37.4. The summed E-state index contributed by atoms with van der Waals surface area (Å²) in [4.78, 5) is 74.2. The molecule has 8 rings (SSSR count). The topological polar surface area (TPSA) is 260 Å². The lowest BCUT2D eigenvalue weighted by Crippen LogP contribution is -2.40. The number of benzene rings is 2. The number of unbranched alkanes of at least 4 members (excludes halogenated alkanes) is 1. The lowest BCUT2D eigenvalue weighted by molar-refractivity contribution is -0.121. The number of nitrogens with one attached hydrogen (secondary N) is 5. The van der Waals surface area contributed by atoms with E-state index in [1.807, 2.05) is 51.9 Å². The number of nitrogens with zero attached hydrogens (tertiary/aromatic N) is 4. The molecule has 97 heavy (non-hydrogen) atoms. The van der Waals surface area contributed by atoms with Gasteiger partial charge in [-0.2, -0.15) is 11.8 Å². The van der Waals surface area contributed by atoms with E-state index in [2.05, 4.69) is 36.4 Å². The summed E-state index contributed by atoms with van der Waals surface area (Å²) in [5.74, 6) is 2.01. The molecule has 0 spiro atoms. The highest BCUT2D eigenvalue weighted by Crippen LogP contribution is 2.34. The predicted molar refractivity (Wildman–Crippen MR) is 372 cm³/mol. The Kier molecular flexibility index (Phi) is 38.1. The lowest BCUT2D eigenvalue weighted by Gasteiger charge is -2.34. The van der Waals surface area contributed by atoms with Gasteiger partial charge in [0.15, 0.2) is 0 Å². The van der Waals surface area contributed by atoms with Gasteiger partial charge in [0.2, 0.25) is 5.91 Å². The summed E-state index contributed by atoms with van der Waals surface area (Å²) >= 11 is 1.90. The average Bonchev–Trinajstić information content (AvgIpc) is 1.82. The van der Waals surface area contributed by atoms with Crippen LogP contribution in [0.1, 0.15) is 121 Å². The van der Waals surface area contributed by atoms with Crippen molar-refractivity contribution >= 4 is 52.8 Å². The van der Waals surface area contributed by atoms with Crippen LogP contribution in [-0.2, 0) is 56.9 Å². The van der Waals surface area contributed by atoms with Crippen LogP contribution in [0.3, 0.4) is 0 Å². The van der Waals surface area contributed by atoms with Gasteiger partial charge < -0.3 is 98.3 Å². The summed E-state index contributed by atoms with van der Waals surface area (Å²) in [7, 11) is 0. The van der Waals surface area contributed by atoms with Gasteiger partial charge in [0.05, 0.1) is 169 Å². The van der Waals surface area contributed by atoms with Gasteiger partial charge in [-0.3, -0.25) is 19.2 Å². The molecule has 6 aliphatic heterocycles. The summed E-state index contributed by atoms with van der Waals surface area (Å²) < 4.78 is 61.3. The molecule has 0 aromatic heterocycles. The van der Waals surface area contributed by atoms with Crippen molar-refractivity contribution in [2.45, 2.75) is 107 Å². The molecule has 0 bridgehead atoms. The van der Waals surface area contributed by atoms with E-state index in [1.54, 1.807) is 12.1 Å². The number of amides is 6. The van der Waals surface area contributed by atoms with E-state index in [4.69, 9.17) is 52.1 Å². The minimum atomic E-state index is -0.220. The second-order valence-corrected chi connectivity index (χ2v) is 27.1. The number of fused-ring (bicyclic) bond motifs is 1. The molecule has 6 saturated heterocycles. The largest absolute Gasteiger partial charge is 0.377 e. The second kappa shape index (κ2) is 47.4. The highest BCUT2D eigenvalue weighted by atomic mass is 32.2. The van der Waals surface area contributed by atoms with Crippen LogP contribution in [0.4, 0.5) is 16.2 Å². The van der Waals surface area contributed by atoms with E-state index in [0.29, 0.717) is 210 Å². The van der Waals surface area contributed by atoms with E-state index in [9.17, 15) is 24.0 Å². The molecule has 0 aliphatic carbocycles. The number of rotatable bonds is 52.